The van der Waals surface area contributed by atoms with Crippen molar-refractivity contribution in [1.82, 2.24) is 10.3 Å². The van der Waals surface area contributed by atoms with Gasteiger partial charge >= 0.3 is 5.76 Å². The molecule has 0 amide bonds. The molecule has 148 valence electrons. The minimum absolute atomic E-state index is 0.416. The molecule has 0 unspecified atom stereocenters. The van der Waals surface area contributed by atoms with Crippen molar-refractivity contribution in [2.75, 3.05) is 6.54 Å². The lowest BCUT2D eigenvalue weighted by Gasteiger charge is -2.29. The van der Waals surface area contributed by atoms with Gasteiger partial charge in [0.2, 0.25) is 0 Å². The first-order valence-corrected chi connectivity index (χ1v) is 9.88. The van der Waals surface area contributed by atoms with Gasteiger partial charge in [-0.25, -0.2) is 13.6 Å². The topological polar surface area (TPSA) is 58.0 Å². The SMILES string of the molecule is O=c1[nH]c2cc(C3CCC(NCCCc4ccc(F)cc4F)CC3)ccc2o1. The quantitative estimate of drug-likeness (QED) is 0.607. The fraction of sp³-hybridized carbons (Fsp3) is 0.409. The van der Waals surface area contributed by atoms with Crippen LogP contribution in [0.5, 0.6) is 0 Å². The second-order valence-corrected chi connectivity index (χ2v) is 7.61. The zero-order valence-electron chi connectivity index (χ0n) is 15.6. The summed E-state index contributed by atoms with van der Waals surface area (Å²) in [7, 11) is 0. The van der Waals surface area contributed by atoms with Gasteiger partial charge in [0, 0.05) is 12.1 Å². The van der Waals surface area contributed by atoms with Gasteiger partial charge in [0.25, 0.3) is 0 Å². The lowest BCUT2D eigenvalue weighted by molar-refractivity contribution is 0.342. The van der Waals surface area contributed by atoms with Gasteiger partial charge in [0.1, 0.15) is 11.6 Å². The number of halogens is 2. The minimum Gasteiger partial charge on any atom is -0.408 e. The molecule has 3 aromatic rings. The van der Waals surface area contributed by atoms with E-state index in [0.29, 0.717) is 29.5 Å². The van der Waals surface area contributed by atoms with E-state index in [0.717, 1.165) is 50.2 Å². The van der Waals surface area contributed by atoms with Gasteiger partial charge in [-0.05, 0) is 80.3 Å². The molecule has 1 aromatic heterocycles. The number of hydrogen-bond donors (Lipinski definition) is 2. The Morgan fingerprint density at radius 1 is 1.07 bits per heavy atom. The Labute approximate surface area is 162 Å². The Balaban J connectivity index is 1.23. The maximum absolute atomic E-state index is 13.6. The molecule has 28 heavy (non-hydrogen) atoms. The van der Waals surface area contributed by atoms with Crippen LogP contribution in [-0.4, -0.2) is 17.6 Å². The molecule has 0 bridgehead atoms. The summed E-state index contributed by atoms with van der Waals surface area (Å²) in [6.45, 7) is 0.828. The third-order valence-corrected chi connectivity index (χ3v) is 5.71. The fourth-order valence-electron chi connectivity index (χ4n) is 4.16. The number of hydrogen-bond acceptors (Lipinski definition) is 3. The largest absolute Gasteiger partial charge is 0.417 e. The molecular formula is C22H24F2N2O2. The normalized spacial score (nSPS) is 19.9. The second kappa shape index (κ2) is 8.27. The van der Waals surface area contributed by atoms with Crippen molar-refractivity contribution in [3.63, 3.8) is 0 Å². The molecule has 2 aromatic carbocycles. The Morgan fingerprint density at radius 3 is 2.68 bits per heavy atom. The highest BCUT2D eigenvalue weighted by molar-refractivity contribution is 5.72. The van der Waals surface area contributed by atoms with Crippen LogP contribution in [0.3, 0.4) is 0 Å². The molecule has 0 spiro atoms. The first kappa shape index (κ1) is 18.9. The molecule has 1 aliphatic carbocycles. The predicted octanol–water partition coefficient (Wildman–Crippen LogP) is 4.65. The first-order valence-electron chi connectivity index (χ1n) is 9.88. The highest BCUT2D eigenvalue weighted by Crippen LogP contribution is 2.33. The lowest BCUT2D eigenvalue weighted by atomic mass is 9.81. The number of aromatic amines is 1. The van der Waals surface area contributed by atoms with Gasteiger partial charge in [-0.2, -0.15) is 0 Å². The standard InChI is InChI=1S/C22H24F2N2O2/c23-17-7-3-15(19(24)13-17)2-1-11-25-18-8-4-14(5-9-18)16-6-10-21-20(12-16)26-22(27)28-21/h3,6-7,10,12-14,18,25H,1-2,4-5,8-9,11H2,(H,26,27). The fourth-order valence-corrected chi connectivity index (χ4v) is 4.16. The molecule has 0 saturated heterocycles. The molecule has 1 fully saturated rings. The van der Waals surface area contributed by atoms with Crippen LogP contribution >= 0.6 is 0 Å². The van der Waals surface area contributed by atoms with Gasteiger partial charge in [-0.15, -0.1) is 0 Å². The number of nitrogens with one attached hydrogen (secondary N) is 2. The van der Waals surface area contributed by atoms with E-state index >= 15 is 0 Å². The van der Waals surface area contributed by atoms with Crippen molar-refractivity contribution in [1.29, 1.82) is 0 Å². The predicted molar refractivity (Wildman–Crippen MR) is 105 cm³/mol. The summed E-state index contributed by atoms with van der Waals surface area (Å²) in [6, 6.07) is 10.2. The van der Waals surface area contributed by atoms with Gasteiger partial charge in [0.05, 0.1) is 5.52 Å². The smallest absolute Gasteiger partial charge is 0.408 e. The molecule has 2 N–H and O–H groups in total. The summed E-state index contributed by atoms with van der Waals surface area (Å²) in [5, 5.41) is 3.57. The van der Waals surface area contributed by atoms with Gasteiger partial charge < -0.3 is 9.73 Å². The van der Waals surface area contributed by atoms with Gasteiger partial charge in [-0.3, -0.25) is 4.98 Å². The number of H-pyrrole nitrogens is 1. The highest BCUT2D eigenvalue weighted by atomic mass is 19.1. The number of oxazole rings is 1. The third-order valence-electron chi connectivity index (χ3n) is 5.71. The van der Waals surface area contributed by atoms with E-state index in [1.54, 1.807) is 0 Å². The van der Waals surface area contributed by atoms with E-state index in [2.05, 4.69) is 16.4 Å². The molecule has 0 radical (unpaired) electrons. The lowest BCUT2D eigenvalue weighted by Crippen LogP contribution is -2.33. The van der Waals surface area contributed by atoms with Gasteiger partial charge in [0.15, 0.2) is 5.58 Å². The van der Waals surface area contributed by atoms with Crippen LogP contribution in [0.1, 0.15) is 49.1 Å². The number of aromatic nitrogens is 1. The van der Waals surface area contributed by atoms with E-state index in [4.69, 9.17) is 4.42 Å². The van der Waals surface area contributed by atoms with Crippen molar-refractivity contribution >= 4 is 11.1 Å². The van der Waals surface area contributed by atoms with Crippen molar-refractivity contribution in [2.45, 2.75) is 50.5 Å². The molecule has 4 rings (SSSR count). The Kier molecular flexibility index (Phi) is 5.57. The van der Waals surface area contributed by atoms with Crippen molar-refractivity contribution in [2.24, 2.45) is 0 Å². The molecule has 1 aliphatic rings. The first-order chi connectivity index (χ1) is 13.6. The maximum Gasteiger partial charge on any atom is 0.417 e. The Bertz CT molecular complexity index is 1000. The second-order valence-electron chi connectivity index (χ2n) is 7.61. The molecule has 0 atom stereocenters. The van der Waals surface area contributed by atoms with Crippen LogP contribution in [0, 0.1) is 11.6 Å². The monoisotopic (exact) mass is 386 g/mol. The van der Waals surface area contributed by atoms with Crippen molar-refractivity contribution in [3.8, 4) is 0 Å². The molecule has 6 heteroatoms. The average molecular weight is 386 g/mol. The number of rotatable bonds is 6. The van der Waals surface area contributed by atoms with Crippen molar-refractivity contribution < 1.29 is 13.2 Å². The average Bonchev–Trinajstić information content (AvgIpc) is 3.06. The maximum atomic E-state index is 13.6. The van der Waals surface area contributed by atoms with Gasteiger partial charge in [-0.1, -0.05) is 12.1 Å². The summed E-state index contributed by atoms with van der Waals surface area (Å²) in [5.41, 5.74) is 3.17. The van der Waals surface area contributed by atoms with E-state index in [9.17, 15) is 13.6 Å². The van der Waals surface area contributed by atoms with E-state index in [1.165, 1.54) is 17.7 Å². The van der Waals surface area contributed by atoms with E-state index in [-0.39, 0.29) is 0 Å². The van der Waals surface area contributed by atoms with E-state index in [1.807, 2.05) is 12.1 Å². The Hall–Kier alpha value is -2.47. The number of fused-ring (bicyclic) bond motifs is 1. The summed E-state index contributed by atoms with van der Waals surface area (Å²) >= 11 is 0. The molecule has 1 saturated carbocycles. The number of benzene rings is 2. The van der Waals surface area contributed by atoms with E-state index < -0.39 is 17.4 Å². The summed E-state index contributed by atoms with van der Waals surface area (Å²) in [4.78, 5) is 14.0. The summed E-state index contributed by atoms with van der Waals surface area (Å²) in [5.74, 6) is -0.916. The molecule has 4 nitrogen and oxygen atoms in total. The van der Waals surface area contributed by atoms with Crippen molar-refractivity contribution in [3.05, 3.63) is 69.7 Å². The van der Waals surface area contributed by atoms with Crippen LogP contribution < -0.4 is 11.1 Å². The van der Waals surface area contributed by atoms with Crippen LogP contribution in [-0.2, 0) is 6.42 Å². The summed E-state index contributed by atoms with van der Waals surface area (Å²) < 4.78 is 31.7. The third kappa shape index (κ3) is 4.33. The zero-order chi connectivity index (χ0) is 19.5. The Morgan fingerprint density at radius 2 is 1.89 bits per heavy atom. The van der Waals surface area contributed by atoms with Crippen LogP contribution in [0.2, 0.25) is 0 Å². The molecular weight excluding hydrogens is 362 g/mol. The summed E-state index contributed by atoms with van der Waals surface area (Å²) in [6.07, 6.45) is 5.81. The highest BCUT2D eigenvalue weighted by Gasteiger charge is 2.22. The van der Waals surface area contributed by atoms with Crippen LogP contribution in [0.25, 0.3) is 11.1 Å². The van der Waals surface area contributed by atoms with Crippen LogP contribution in [0.15, 0.2) is 45.6 Å². The van der Waals surface area contributed by atoms with Crippen LogP contribution in [0.4, 0.5) is 8.78 Å². The molecule has 1 heterocycles. The number of aryl methyl sites for hydroxylation is 1. The minimum atomic E-state index is -0.533. The molecule has 0 aliphatic heterocycles. The zero-order valence-corrected chi connectivity index (χ0v) is 15.6.